The molecule has 1 fully saturated rings. The van der Waals surface area contributed by atoms with E-state index in [0.717, 1.165) is 6.07 Å². The van der Waals surface area contributed by atoms with Crippen molar-refractivity contribution in [1.82, 2.24) is 29.8 Å². The number of rotatable bonds is 6. The number of benzene rings is 1. The predicted molar refractivity (Wildman–Crippen MR) is 126 cm³/mol. The normalized spacial score (nSPS) is 19.5. The molecule has 0 radical (unpaired) electrons. The van der Waals surface area contributed by atoms with Gasteiger partial charge in [0.2, 0.25) is 0 Å². The highest BCUT2D eigenvalue weighted by molar-refractivity contribution is 6.30. The number of hydrogen-bond donors (Lipinski definition) is 3. The molecule has 1 aliphatic heterocycles. The third-order valence-electron chi connectivity index (χ3n) is 5.68. The van der Waals surface area contributed by atoms with Crippen LogP contribution in [0.1, 0.15) is 18.2 Å². The first kappa shape index (κ1) is 24.0. The second kappa shape index (κ2) is 9.72. The Bertz CT molecular complexity index is 1430. The summed E-state index contributed by atoms with van der Waals surface area (Å²) in [5, 5.41) is 16.3. The Labute approximate surface area is 208 Å². The van der Waals surface area contributed by atoms with E-state index in [0.29, 0.717) is 33.1 Å². The van der Waals surface area contributed by atoms with Gasteiger partial charge in [0.15, 0.2) is 28.9 Å². The fraction of sp³-hybridized carbons (Fsp3) is 0.261. The number of fused-ring (bicyclic) bond motifs is 1. The molecule has 1 aromatic carbocycles. The number of aromatic nitrogens is 5. The van der Waals surface area contributed by atoms with E-state index < -0.39 is 36.0 Å². The Morgan fingerprint density at radius 1 is 1.22 bits per heavy atom. The maximum atomic E-state index is 13.7. The lowest BCUT2D eigenvalue weighted by atomic mass is 10.1. The maximum absolute atomic E-state index is 13.7. The average molecular weight is 516 g/mol. The van der Waals surface area contributed by atoms with Gasteiger partial charge in [0.25, 0.3) is 5.91 Å². The molecule has 0 unspecified atom stereocenters. The Morgan fingerprint density at radius 3 is 2.72 bits per heavy atom. The molecule has 36 heavy (non-hydrogen) atoms. The molecule has 13 heteroatoms. The first-order chi connectivity index (χ1) is 17.3. The summed E-state index contributed by atoms with van der Waals surface area (Å²) in [5.74, 6) is -1.29. The molecule has 3 aromatic heterocycles. The first-order valence-electron chi connectivity index (χ1n) is 10.9. The van der Waals surface area contributed by atoms with Crippen molar-refractivity contribution in [3.63, 3.8) is 0 Å². The van der Waals surface area contributed by atoms with Crippen molar-refractivity contribution in [3.05, 3.63) is 65.2 Å². The molecule has 0 aliphatic carbocycles. The summed E-state index contributed by atoms with van der Waals surface area (Å²) in [6, 6.07) is 4.85. The zero-order valence-electron chi connectivity index (χ0n) is 18.8. The Kier molecular flexibility index (Phi) is 6.48. The highest BCUT2D eigenvalue weighted by atomic mass is 35.5. The van der Waals surface area contributed by atoms with Gasteiger partial charge in [-0.05, 0) is 23.8 Å². The lowest BCUT2D eigenvalue weighted by Crippen LogP contribution is -2.38. The van der Waals surface area contributed by atoms with Crippen LogP contribution in [0.5, 0.6) is 0 Å². The van der Waals surface area contributed by atoms with Crippen molar-refractivity contribution >= 4 is 34.5 Å². The van der Waals surface area contributed by atoms with E-state index >= 15 is 0 Å². The Balaban J connectivity index is 1.56. The second-order valence-electron chi connectivity index (χ2n) is 8.17. The van der Waals surface area contributed by atoms with Gasteiger partial charge < -0.3 is 20.5 Å². The molecular weight excluding hydrogens is 496 g/mol. The van der Waals surface area contributed by atoms with Crippen LogP contribution in [0, 0.1) is 11.6 Å². The number of likely N-dealkylation sites (N-methyl/N-ethyl adjacent to an activating group) is 1. The number of carbonyl (C=O) groups is 1. The number of imidazole rings is 1. The zero-order chi connectivity index (χ0) is 25.4. The third-order valence-corrected chi connectivity index (χ3v) is 5.88. The van der Waals surface area contributed by atoms with Crippen LogP contribution in [0.15, 0.2) is 43.0 Å². The predicted octanol–water partition coefficient (Wildman–Crippen LogP) is 2.83. The molecule has 0 spiro atoms. The number of amides is 1. The van der Waals surface area contributed by atoms with Crippen LogP contribution in [-0.2, 0) is 16.1 Å². The minimum atomic E-state index is -1.05. The van der Waals surface area contributed by atoms with Crippen molar-refractivity contribution in [1.29, 1.82) is 0 Å². The molecule has 0 bridgehead atoms. The van der Waals surface area contributed by atoms with Gasteiger partial charge in [-0.15, -0.1) is 0 Å². The number of carbonyl (C=O) groups excluding carboxylic acids is 1. The van der Waals surface area contributed by atoms with Crippen LogP contribution < -0.4 is 10.6 Å². The summed E-state index contributed by atoms with van der Waals surface area (Å²) in [6.45, 7) is 0.0538. The van der Waals surface area contributed by atoms with Crippen LogP contribution in [0.4, 0.5) is 14.6 Å². The van der Waals surface area contributed by atoms with E-state index in [2.05, 4.69) is 30.6 Å². The molecule has 4 heterocycles. The fourth-order valence-corrected chi connectivity index (χ4v) is 4.19. The lowest BCUT2D eigenvalue weighted by Gasteiger charge is -2.15. The van der Waals surface area contributed by atoms with Crippen molar-refractivity contribution < 1.29 is 23.4 Å². The number of ether oxygens (including phenoxy) is 1. The SMILES string of the molecule is CNC(=O)[C@H]1O[C@@H](n2cnc3c(NCc4cc(F)cc(F)c4)nc(-c4cncc(Cl)c4)nc32)C[C@@H]1O. The summed E-state index contributed by atoms with van der Waals surface area (Å²) in [4.78, 5) is 29.7. The largest absolute Gasteiger partial charge is 0.390 e. The molecule has 1 aliphatic rings. The summed E-state index contributed by atoms with van der Waals surface area (Å²) < 4.78 is 34.7. The van der Waals surface area contributed by atoms with Gasteiger partial charge in [0.1, 0.15) is 17.9 Å². The monoisotopic (exact) mass is 515 g/mol. The topological polar surface area (TPSA) is 127 Å². The second-order valence-corrected chi connectivity index (χ2v) is 8.61. The molecule has 3 N–H and O–H groups in total. The number of aliphatic hydroxyl groups excluding tert-OH is 1. The van der Waals surface area contributed by atoms with Gasteiger partial charge in [-0.2, -0.15) is 0 Å². The number of aliphatic hydroxyl groups is 1. The van der Waals surface area contributed by atoms with Gasteiger partial charge in [0, 0.05) is 44.0 Å². The minimum Gasteiger partial charge on any atom is -0.390 e. The van der Waals surface area contributed by atoms with Crippen LogP contribution in [0.25, 0.3) is 22.6 Å². The summed E-state index contributed by atoms with van der Waals surface area (Å²) in [7, 11) is 1.46. The zero-order valence-corrected chi connectivity index (χ0v) is 19.6. The molecule has 1 amide bonds. The molecular formula is C23H20ClF2N7O3. The van der Waals surface area contributed by atoms with E-state index in [4.69, 9.17) is 16.3 Å². The van der Waals surface area contributed by atoms with Gasteiger partial charge in [-0.1, -0.05) is 11.6 Å². The van der Waals surface area contributed by atoms with Crippen LogP contribution in [-0.4, -0.2) is 54.8 Å². The summed E-state index contributed by atoms with van der Waals surface area (Å²) >= 11 is 6.10. The number of halogens is 3. The smallest absolute Gasteiger partial charge is 0.251 e. The van der Waals surface area contributed by atoms with Crippen LogP contribution in [0.3, 0.4) is 0 Å². The molecule has 5 rings (SSSR count). The molecule has 4 aromatic rings. The van der Waals surface area contributed by atoms with Crippen molar-refractivity contribution in [2.45, 2.75) is 31.4 Å². The quantitative estimate of drug-likeness (QED) is 0.358. The fourth-order valence-electron chi connectivity index (χ4n) is 4.02. The van der Waals surface area contributed by atoms with Crippen LogP contribution in [0.2, 0.25) is 5.02 Å². The molecule has 3 atom stereocenters. The van der Waals surface area contributed by atoms with Gasteiger partial charge >= 0.3 is 0 Å². The maximum Gasteiger partial charge on any atom is 0.251 e. The molecule has 0 saturated carbocycles. The summed E-state index contributed by atoms with van der Waals surface area (Å²) in [6.07, 6.45) is 1.82. The van der Waals surface area contributed by atoms with E-state index in [-0.39, 0.29) is 18.8 Å². The Morgan fingerprint density at radius 2 is 2.00 bits per heavy atom. The highest BCUT2D eigenvalue weighted by Crippen LogP contribution is 2.33. The van der Waals surface area contributed by atoms with Crippen LogP contribution >= 0.6 is 11.6 Å². The third kappa shape index (κ3) is 4.70. The number of anilines is 1. The lowest BCUT2D eigenvalue weighted by molar-refractivity contribution is -0.137. The van der Waals surface area contributed by atoms with E-state index in [1.165, 1.54) is 37.9 Å². The number of hydrogen-bond acceptors (Lipinski definition) is 8. The molecule has 1 saturated heterocycles. The standard InChI is InChI=1S/C23H20ClF2N7O3/c1-27-23(35)19-16(34)6-17(36-19)33-10-30-18-21(29-7-11-2-14(25)5-15(26)3-11)31-20(32-22(18)33)12-4-13(24)9-28-8-12/h2-5,8-10,16-17,19,34H,6-7H2,1H3,(H,27,35)(H,29,31,32)/t16-,17+,19-/m0/s1. The van der Waals surface area contributed by atoms with E-state index in [1.807, 2.05) is 0 Å². The van der Waals surface area contributed by atoms with Crippen molar-refractivity contribution in [2.24, 2.45) is 0 Å². The number of nitrogens with one attached hydrogen (secondary N) is 2. The average Bonchev–Trinajstić information content (AvgIpc) is 3.44. The molecule has 10 nitrogen and oxygen atoms in total. The molecule has 186 valence electrons. The number of pyridine rings is 1. The van der Waals surface area contributed by atoms with Crippen molar-refractivity contribution in [2.75, 3.05) is 12.4 Å². The summed E-state index contributed by atoms with van der Waals surface area (Å²) in [5.41, 5.74) is 1.59. The van der Waals surface area contributed by atoms with E-state index in [1.54, 1.807) is 10.6 Å². The first-order valence-corrected chi connectivity index (χ1v) is 11.3. The Hall–Kier alpha value is -3.74. The van der Waals surface area contributed by atoms with Crippen molar-refractivity contribution in [3.8, 4) is 11.4 Å². The highest BCUT2D eigenvalue weighted by Gasteiger charge is 2.40. The van der Waals surface area contributed by atoms with Gasteiger partial charge in [0.05, 0.1) is 17.5 Å². The minimum absolute atomic E-state index is 0.0538. The van der Waals surface area contributed by atoms with Gasteiger partial charge in [-0.3, -0.25) is 14.3 Å². The van der Waals surface area contributed by atoms with E-state index in [9.17, 15) is 18.7 Å². The number of nitrogens with zero attached hydrogens (tertiary/aromatic N) is 5. The van der Waals surface area contributed by atoms with Gasteiger partial charge in [-0.25, -0.2) is 23.7 Å².